The van der Waals surface area contributed by atoms with E-state index in [4.69, 9.17) is 11.6 Å². The molecule has 1 N–H and O–H groups in total. The van der Waals surface area contributed by atoms with Crippen molar-refractivity contribution in [2.75, 3.05) is 14.1 Å². The first-order valence-corrected chi connectivity index (χ1v) is 4.30. The first-order valence-electron chi connectivity index (χ1n) is 3.93. The predicted octanol–water partition coefficient (Wildman–Crippen LogP) is 2.79. The van der Waals surface area contributed by atoms with Gasteiger partial charge in [-0.1, -0.05) is 29.3 Å². The van der Waals surface area contributed by atoms with Gasteiger partial charge in [-0.25, -0.2) is 0 Å². The van der Waals surface area contributed by atoms with Crippen LogP contribution in [-0.2, 0) is 0 Å². The lowest BCUT2D eigenvalue weighted by Gasteiger charge is -1.96. The molecule has 0 aliphatic heterocycles. The molecule has 0 aliphatic carbocycles. The molecule has 0 aliphatic rings. The Morgan fingerprint density at radius 1 is 1.17 bits per heavy atom. The van der Waals surface area contributed by atoms with Gasteiger partial charge in [-0.05, 0) is 39.6 Å². The van der Waals surface area contributed by atoms with E-state index in [0.29, 0.717) is 0 Å². The Kier molecular flexibility index (Phi) is 5.77. The smallest absolute Gasteiger partial charge is 0.0435 e. The van der Waals surface area contributed by atoms with Crippen LogP contribution in [0.25, 0.3) is 0 Å². The zero-order valence-corrected chi connectivity index (χ0v) is 8.87. The van der Waals surface area contributed by atoms with Crippen LogP contribution in [-0.4, -0.2) is 14.1 Å². The summed E-state index contributed by atoms with van der Waals surface area (Å²) in [6.07, 6.45) is 0. The summed E-state index contributed by atoms with van der Waals surface area (Å²) in [4.78, 5) is 0. The molecule has 2 heteroatoms. The van der Waals surface area contributed by atoms with E-state index in [-0.39, 0.29) is 0 Å². The highest BCUT2D eigenvalue weighted by molar-refractivity contribution is 6.31. The highest BCUT2D eigenvalue weighted by Crippen LogP contribution is 2.14. The molecule has 0 radical (unpaired) electrons. The summed E-state index contributed by atoms with van der Waals surface area (Å²) < 4.78 is 0. The maximum Gasteiger partial charge on any atom is 0.0435 e. The Labute approximate surface area is 79.8 Å². The van der Waals surface area contributed by atoms with Crippen LogP contribution in [0.5, 0.6) is 0 Å². The van der Waals surface area contributed by atoms with Crippen LogP contribution < -0.4 is 5.32 Å². The van der Waals surface area contributed by atoms with Crippen molar-refractivity contribution in [3.63, 3.8) is 0 Å². The van der Waals surface area contributed by atoms with Gasteiger partial charge in [0, 0.05) is 5.02 Å². The number of nitrogens with one attached hydrogen (secondary N) is 1. The maximum absolute atomic E-state index is 5.78. The molecule has 68 valence electrons. The van der Waals surface area contributed by atoms with Crippen LogP contribution in [0.3, 0.4) is 0 Å². The van der Waals surface area contributed by atoms with Crippen LogP contribution in [0, 0.1) is 13.8 Å². The Morgan fingerprint density at radius 2 is 1.67 bits per heavy atom. The molecule has 0 amide bonds. The summed E-state index contributed by atoms with van der Waals surface area (Å²) in [6.45, 7) is 4.07. The molecule has 1 aromatic carbocycles. The fourth-order valence-corrected chi connectivity index (χ4v) is 0.912. The van der Waals surface area contributed by atoms with Crippen LogP contribution in [0.4, 0.5) is 0 Å². The standard InChI is InChI=1S/C8H9Cl.C2H7N/c1-6-3-4-8(9)7(2)5-6;1-3-2/h3-5H,1-2H3;3H,1-2H3. The third-order valence-corrected chi connectivity index (χ3v) is 1.74. The highest BCUT2D eigenvalue weighted by atomic mass is 35.5. The van der Waals surface area contributed by atoms with Crippen molar-refractivity contribution in [3.05, 3.63) is 34.3 Å². The van der Waals surface area contributed by atoms with E-state index in [9.17, 15) is 0 Å². The van der Waals surface area contributed by atoms with E-state index >= 15 is 0 Å². The lowest BCUT2D eigenvalue weighted by atomic mass is 10.2. The Morgan fingerprint density at radius 3 is 2.00 bits per heavy atom. The minimum Gasteiger partial charge on any atom is -0.323 e. The van der Waals surface area contributed by atoms with E-state index in [1.54, 1.807) is 0 Å². The molecule has 1 aromatic rings. The zero-order chi connectivity index (χ0) is 9.56. The molecule has 0 aromatic heterocycles. The van der Waals surface area contributed by atoms with Crippen molar-refractivity contribution in [1.29, 1.82) is 0 Å². The van der Waals surface area contributed by atoms with Crippen molar-refractivity contribution < 1.29 is 0 Å². The molecule has 0 unspecified atom stereocenters. The topological polar surface area (TPSA) is 12.0 Å². The quantitative estimate of drug-likeness (QED) is 0.656. The van der Waals surface area contributed by atoms with E-state index in [2.05, 4.69) is 18.3 Å². The summed E-state index contributed by atoms with van der Waals surface area (Å²) in [6, 6.07) is 6.00. The summed E-state index contributed by atoms with van der Waals surface area (Å²) in [5.74, 6) is 0. The maximum atomic E-state index is 5.78. The zero-order valence-electron chi connectivity index (χ0n) is 8.11. The third kappa shape index (κ3) is 4.37. The Bertz CT molecular complexity index is 233. The van der Waals surface area contributed by atoms with Crippen molar-refractivity contribution in [2.24, 2.45) is 0 Å². The lowest BCUT2D eigenvalue weighted by Crippen LogP contribution is -1.89. The van der Waals surface area contributed by atoms with Gasteiger partial charge in [0.05, 0.1) is 0 Å². The number of rotatable bonds is 0. The average molecular weight is 186 g/mol. The van der Waals surface area contributed by atoms with Crippen molar-refractivity contribution in [3.8, 4) is 0 Å². The molecule has 0 bridgehead atoms. The molecule has 12 heavy (non-hydrogen) atoms. The van der Waals surface area contributed by atoms with E-state index < -0.39 is 0 Å². The van der Waals surface area contributed by atoms with Crippen molar-refractivity contribution in [1.82, 2.24) is 5.32 Å². The minimum absolute atomic E-state index is 0.848. The number of hydrogen-bond acceptors (Lipinski definition) is 1. The molecular weight excluding hydrogens is 170 g/mol. The molecule has 1 nitrogen and oxygen atoms in total. The summed E-state index contributed by atoms with van der Waals surface area (Å²) in [7, 11) is 3.75. The van der Waals surface area contributed by atoms with Gasteiger partial charge in [-0.2, -0.15) is 0 Å². The van der Waals surface area contributed by atoms with E-state index in [1.165, 1.54) is 5.56 Å². The molecule has 0 saturated carbocycles. The van der Waals surface area contributed by atoms with E-state index in [1.807, 2.05) is 33.2 Å². The van der Waals surface area contributed by atoms with Crippen LogP contribution in [0.2, 0.25) is 5.02 Å². The number of halogens is 1. The first kappa shape index (κ1) is 11.5. The normalized spacial score (nSPS) is 8.75. The highest BCUT2D eigenvalue weighted by Gasteiger charge is 1.91. The van der Waals surface area contributed by atoms with Crippen LogP contribution in [0.1, 0.15) is 11.1 Å². The second kappa shape index (κ2) is 6.04. The fraction of sp³-hybridized carbons (Fsp3) is 0.400. The summed E-state index contributed by atoms with van der Waals surface area (Å²) in [5, 5.41) is 3.60. The number of aryl methyl sites for hydroxylation is 2. The van der Waals surface area contributed by atoms with Crippen molar-refractivity contribution in [2.45, 2.75) is 13.8 Å². The van der Waals surface area contributed by atoms with Gasteiger partial charge in [-0.15, -0.1) is 0 Å². The van der Waals surface area contributed by atoms with Crippen LogP contribution in [0.15, 0.2) is 18.2 Å². The minimum atomic E-state index is 0.848. The molecule has 0 spiro atoms. The summed E-state index contributed by atoms with van der Waals surface area (Å²) in [5.41, 5.74) is 2.41. The largest absolute Gasteiger partial charge is 0.323 e. The monoisotopic (exact) mass is 185 g/mol. The summed E-state index contributed by atoms with van der Waals surface area (Å²) >= 11 is 5.78. The van der Waals surface area contributed by atoms with Gasteiger partial charge in [0.1, 0.15) is 0 Å². The van der Waals surface area contributed by atoms with Gasteiger partial charge in [0.15, 0.2) is 0 Å². The molecular formula is C10H16ClN. The molecule has 1 rings (SSSR count). The molecule has 0 saturated heterocycles. The second-order valence-electron chi connectivity index (χ2n) is 2.75. The first-order chi connectivity index (χ1) is 5.61. The van der Waals surface area contributed by atoms with Gasteiger partial charge < -0.3 is 5.32 Å². The molecule has 0 atom stereocenters. The Balaban J connectivity index is 0.000000354. The molecule has 0 fully saturated rings. The van der Waals surface area contributed by atoms with Gasteiger partial charge in [-0.3, -0.25) is 0 Å². The average Bonchev–Trinajstić information content (AvgIpc) is 1.99. The van der Waals surface area contributed by atoms with Gasteiger partial charge in [0.2, 0.25) is 0 Å². The fourth-order valence-electron chi connectivity index (χ4n) is 0.795. The van der Waals surface area contributed by atoms with Gasteiger partial charge in [0.25, 0.3) is 0 Å². The van der Waals surface area contributed by atoms with Gasteiger partial charge >= 0.3 is 0 Å². The SMILES string of the molecule is CNC.Cc1ccc(Cl)c(C)c1. The molecule has 0 heterocycles. The predicted molar refractivity (Wildman–Crippen MR) is 55.9 cm³/mol. The lowest BCUT2D eigenvalue weighted by molar-refractivity contribution is 1.02. The van der Waals surface area contributed by atoms with Crippen molar-refractivity contribution >= 4 is 11.6 Å². The van der Waals surface area contributed by atoms with E-state index in [0.717, 1.165) is 10.6 Å². The van der Waals surface area contributed by atoms with Crippen LogP contribution >= 0.6 is 11.6 Å². The Hall–Kier alpha value is -0.530. The second-order valence-corrected chi connectivity index (χ2v) is 3.16. The number of benzene rings is 1. The third-order valence-electron chi connectivity index (χ3n) is 1.31. The number of hydrogen-bond donors (Lipinski definition) is 1.